The number of amides is 3. The average Bonchev–Trinajstić information content (AvgIpc) is 3.62. The van der Waals surface area contributed by atoms with Crippen LogP contribution in [0.5, 0.6) is 0 Å². The highest BCUT2D eigenvalue weighted by molar-refractivity contribution is 5.85. The Bertz CT molecular complexity index is 1030. The Morgan fingerprint density at radius 2 is 1.59 bits per heavy atom. The molecule has 0 radical (unpaired) electrons. The second kappa shape index (κ2) is 10.3. The van der Waals surface area contributed by atoms with Crippen LogP contribution in [0.1, 0.15) is 76.6 Å². The summed E-state index contributed by atoms with van der Waals surface area (Å²) in [5, 5.41) is 2.58. The third kappa shape index (κ3) is 4.78. The lowest BCUT2D eigenvalue weighted by Crippen LogP contribution is -2.46. The van der Waals surface area contributed by atoms with Crippen LogP contribution in [0, 0.1) is 0 Å². The quantitative estimate of drug-likeness (QED) is 0.568. The van der Waals surface area contributed by atoms with Crippen LogP contribution in [0.4, 0.5) is 4.79 Å². The topological polar surface area (TPSA) is 136 Å². The van der Waals surface area contributed by atoms with Gasteiger partial charge in [0.15, 0.2) is 0 Å². The zero-order valence-corrected chi connectivity index (χ0v) is 20.0. The van der Waals surface area contributed by atoms with Gasteiger partial charge in [-0.05, 0) is 39.5 Å². The fourth-order valence-electron chi connectivity index (χ4n) is 4.81. The number of nitrogens with one attached hydrogen (secondary N) is 3. The van der Waals surface area contributed by atoms with Crippen molar-refractivity contribution in [1.29, 1.82) is 0 Å². The molecule has 34 heavy (non-hydrogen) atoms. The number of carbonyl (C=O) groups is 3. The van der Waals surface area contributed by atoms with Gasteiger partial charge in [0.2, 0.25) is 11.8 Å². The molecule has 184 valence electrons. The maximum atomic E-state index is 13.0. The van der Waals surface area contributed by atoms with Crippen molar-refractivity contribution in [3.63, 3.8) is 0 Å². The van der Waals surface area contributed by atoms with E-state index in [2.05, 4.69) is 25.3 Å². The van der Waals surface area contributed by atoms with Crippen molar-refractivity contribution in [2.24, 2.45) is 0 Å². The van der Waals surface area contributed by atoms with Crippen LogP contribution in [-0.2, 0) is 14.3 Å². The third-order valence-corrected chi connectivity index (χ3v) is 6.50. The lowest BCUT2D eigenvalue weighted by molar-refractivity contribution is -0.134. The van der Waals surface area contributed by atoms with E-state index in [9.17, 15) is 14.4 Å². The lowest BCUT2D eigenvalue weighted by atomic mass is 10.2. The number of H-pyrrole nitrogens is 2. The molecule has 0 aromatic carbocycles. The van der Waals surface area contributed by atoms with Crippen LogP contribution in [0.3, 0.4) is 0 Å². The zero-order chi connectivity index (χ0) is 24.2. The van der Waals surface area contributed by atoms with Crippen LogP contribution >= 0.6 is 0 Å². The molecule has 3 amide bonds. The second-order valence-corrected chi connectivity index (χ2v) is 8.74. The Hall–Kier alpha value is -3.37. The number of likely N-dealkylation sites (tertiary alicyclic amines) is 2. The van der Waals surface area contributed by atoms with Gasteiger partial charge in [-0.2, -0.15) is 0 Å². The minimum atomic E-state index is -0.690. The largest absolute Gasteiger partial charge is 0.450 e. The summed E-state index contributed by atoms with van der Waals surface area (Å²) in [6.45, 7) is 6.86. The number of nitrogens with zero attached hydrogens (tertiary/aromatic N) is 4. The Balaban J connectivity index is 1.45. The summed E-state index contributed by atoms with van der Waals surface area (Å²) in [4.78, 5) is 56.4. The highest BCUT2D eigenvalue weighted by Crippen LogP contribution is 2.34. The summed E-state index contributed by atoms with van der Waals surface area (Å²) in [5.41, 5.74) is 1.56. The van der Waals surface area contributed by atoms with E-state index in [1.165, 1.54) is 0 Å². The van der Waals surface area contributed by atoms with E-state index >= 15 is 0 Å². The molecule has 4 heterocycles. The molecule has 0 saturated carbocycles. The van der Waals surface area contributed by atoms with Gasteiger partial charge in [-0.1, -0.05) is 6.92 Å². The molecule has 11 heteroatoms. The van der Waals surface area contributed by atoms with Crippen molar-refractivity contribution in [3.8, 4) is 11.4 Å². The van der Waals surface area contributed by atoms with E-state index in [1.54, 1.807) is 31.1 Å². The van der Waals surface area contributed by atoms with E-state index in [0.29, 0.717) is 18.8 Å². The Morgan fingerprint density at radius 1 is 1.03 bits per heavy atom. The van der Waals surface area contributed by atoms with Gasteiger partial charge < -0.3 is 29.8 Å². The first kappa shape index (κ1) is 23.8. The standard InChI is InChI=1S/C23H33N7O4/c1-4-19(31)29-10-6-8-17(29)20-24-12-15(27-20)16-13-25-21(28-16)18-9-7-11-30(18)22(32)14(3)26-23(33)34-5-2/h12-14,17-18H,4-11H2,1-3H3,(H,24,27)(H,25,28)(H,26,33)/t14-,17-,18-/m0/s1. The molecule has 0 unspecified atom stereocenters. The van der Waals surface area contributed by atoms with E-state index < -0.39 is 12.1 Å². The maximum absolute atomic E-state index is 13.0. The number of hydrogen-bond donors (Lipinski definition) is 3. The predicted octanol–water partition coefficient (Wildman–Crippen LogP) is 2.67. The summed E-state index contributed by atoms with van der Waals surface area (Å²) in [7, 11) is 0. The number of alkyl carbamates (subject to hydrolysis) is 1. The summed E-state index contributed by atoms with van der Waals surface area (Å²) < 4.78 is 4.88. The molecule has 0 bridgehead atoms. The van der Waals surface area contributed by atoms with Gasteiger partial charge in [0.1, 0.15) is 17.7 Å². The highest BCUT2D eigenvalue weighted by Gasteiger charge is 2.35. The molecule has 0 spiro atoms. The minimum Gasteiger partial charge on any atom is -0.450 e. The SMILES string of the molecule is CCOC(=O)N[C@@H](C)C(=O)N1CCC[C@H]1c1ncc(-c2cnc([C@@H]3CCCN3C(=O)CC)[nH]2)[nH]1. The number of carbonyl (C=O) groups excluding carboxylic acids is 3. The molecule has 2 aliphatic heterocycles. The number of imidazole rings is 2. The first-order valence-electron chi connectivity index (χ1n) is 12.1. The smallest absolute Gasteiger partial charge is 0.407 e. The van der Waals surface area contributed by atoms with Crippen molar-refractivity contribution in [2.45, 2.75) is 71.0 Å². The molecule has 2 fully saturated rings. The Labute approximate surface area is 198 Å². The predicted molar refractivity (Wildman–Crippen MR) is 123 cm³/mol. The molecule has 3 N–H and O–H groups in total. The van der Waals surface area contributed by atoms with Gasteiger partial charge in [0.05, 0.1) is 42.5 Å². The van der Waals surface area contributed by atoms with Gasteiger partial charge >= 0.3 is 6.09 Å². The van der Waals surface area contributed by atoms with Gasteiger partial charge in [-0.25, -0.2) is 14.8 Å². The highest BCUT2D eigenvalue weighted by atomic mass is 16.5. The van der Waals surface area contributed by atoms with Crippen molar-refractivity contribution in [2.75, 3.05) is 19.7 Å². The molecule has 0 aliphatic carbocycles. The molecule has 2 aliphatic rings. The monoisotopic (exact) mass is 471 g/mol. The Morgan fingerprint density at radius 3 is 2.15 bits per heavy atom. The second-order valence-electron chi connectivity index (χ2n) is 8.74. The zero-order valence-electron chi connectivity index (χ0n) is 20.0. The first-order valence-corrected chi connectivity index (χ1v) is 12.1. The van der Waals surface area contributed by atoms with Gasteiger partial charge in [-0.15, -0.1) is 0 Å². The van der Waals surface area contributed by atoms with Crippen LogP contribution in [-0.4, -0.2) is 73.4 Å². The number of hydrogen-bond acceptors (Lipinski definition) is 6. The van der Waals surface area contributed by atoms with Crippen molar-refractivity contribution >= 4 is 17.9 Å². The van der Waals surface area contributed by atoms with Crippen molar-refractivity contribution in [3.05, 3.63) is 24.0 Å². The normalized spacial score (nSPS) is 21.0. The number of aromatic nitrogens is 4. The fourth-order valence-corrected chi connectivity index (χ4v) is 4.81. The van der Waals surface area contributed by atoms with Crippen molar-refractivity contribution in [1.82, 2.24) is 35.1 Å². The molecule has 2 aromatic rings. The van der Waals surface area contributed by atoms with Crippen molar-refractivity contribution < 1.29 is 19.1 Å². The summed E-state index contributed by atoms with van der Waals surface area (Å²) in [5.74, 6) is 1.45. The lowest BCUT2D eigenvalue weighted by Gasteiger charge is -2.26. The minimum absolute atomic E-state index is 0.0278. The molecule has 3 atom stereocenters. The molecular formula is C23H33N7O4. The molecule has 11 nitrogen and oxygen atoms in total. The van der Waals surface area contributed by atoms with E-state index in [4.69, 9.17) is 4.74 Å². The summed E-state index contributed by atoms with van der Waals surface area (Å²) in [6, 6.07) is -0.910. The number of ether oxygens (including phenoxy) is 1. The van der Waals surface area contributed by atoms with E-state index in [1.807, 2.05) is 11.8 Å². The third-order valence-electron chi connectivity index (χ3n) is 6.50. The molecular weight excluding hydrogens is 438 g/mol. The van der Waals surface area contributed by atoms with Gasteiger partial charge in [0, 0.05) is 19.5 Å². The van der Waals surface area contributed by atoms with Crippen LogP contribution in [0.25, 0.3) is 11.4 Å². The Kier molecular flexibility index (Phi) is 7.18. The van der Waals surface area contributed by atoms with Crippen LogP contribution < -0.4 is 5.32 Å². The summed E-state index contributed by atoms with van der Waals surface area (Å²) in [6.07, 6.45) is 6.87. The molecule has 2 aromatic heterocycles. The van der Waals surface area contributed by atoms with Crippen LogP contribution in [0.2, 0.25) is 0 Å². The van der Waals surface area contributed by atoms with Gasteiger partial charge in [-0.3, -0.25) is 9.59 Å². The van der Waals surface area contributed by atoms with Gasteiger partial charge in [0.25, 0.3) is 0 Å². The fraction of sp³-hybridized carbons (Fsp3) is 0.609. The summed E-state index contributed by atoms with van der Waals surface area (Å²) >= 11 is 0. The molecule has 2 saturated heterocycles. The average molecular weight is 472 g/mol. The van der Waals surface area contributed by atoms with E-state index in [-0.39, 0.29) is 30.5 Å². The molecule has 4 rings (SSSR count). The van der Waals surface area contributed by atoms with E-state index in [0.717, 1.165) is 49.4 Å². The number of aromatic amines is 2. The maximum Gasteiger partial charge on any atom is 0.407 e. The van der Waals surface area contributed by atoms with Crippen LogP contribution in [0.15, 0.2) is 12.4 Å². The number of rotatable bonds is 7. The first-order chi connectivity index (χ1) is 16.4.